The summed E-state index contributed by atoms with van der Waals surface area (Å²) in [6, 6.07) is 7.29. The second-order valence-electron chi connectivity index (χ2n) is 5.00. The SMILES string of the molecule is OCC(O)C(O)c1ccc(N2CCC(O)CC2)cc1. The van der Waals surface area contributed by atoms with Crippen molar-refractivity contribution in [2.24, 2.45) is 0 Å². The van der Waals surface area contributed by atoms with Crippen LogP contribution < -0.4 is 4.90 Å². The fourth-order valence-corrected chi connectivity index (χ4v) is 2.33. The number of aliphatic hydroxyl groups excluding tert-OH is 4. The largest absolute Gasteiger partial charge is 0.394 e. The van der Waals surface area contributed by atoms with Gasteiger partial charge in [0.1, 0.15) is 12.2 Å². The smallest absolute Gasteiger partial charge is 0.107 e. The Morgan fingerprint density at radius 3 is 2.21 bits per heavy atom. The van der Waals surface area contributed by atoms with E-state index in [1.54, 1.807) is 12.1 Å². The number of nitrogens with zero attached hydrogens (tertiary/aromatic N) is 1. The maximum absolute atomic E-state index is 9.77. The zero-order valence-electron chi connectivity index (χ0n) is 10.8. The van der Waals surface area contributed by atoms with E-state index in [4.69, 9.17) is 5.11 Å². The zero-order valence-corrected chi connectivity index (χ0v) is 10.8. The van der Waals surface area contributed by atoms with Crippen molar-refractivity contribution in [3.63, 3.8) is 0 Å². The molecule has 1 aromatic rings. The van der Waals surface area contributed by atoms with Gasteiger partial charge in [-0.25, -0.2) is 0 Å². The van der Waals surface area contributed by atoms with Crippen LogP contribution >= 0.6 is 0 Å². The van der Waals surface area contributed by atoms with Crippen molar-refractivity contribution >= 4 is 5.69 Å². The molecule has 2 atom stereocenters. The lowest BCUT2D eigenvalue weighted by atomic mass is 10.0. The molecule has 0 saturated carbocycles. The van der Waals surface area contributed by atoms with Crippen LogP contribution in [0.4, 0.5) is 5.69 Å². The normalized spacial score (nSPS) is 20.3. The van der Waals surface area contributed by atoms with E-state index >= 15 is 0 Å². The topological polar surface area (TPSA) is 84.2 Å². The minimum absolute atomic E-state index is 0.197. The van der Waals surface area contributed by atoms with Gasteiger partial charge in [0.15, 0.2) is 0 Å². The fraction of sp³-hybridized carbons (Fsp3) is 0.571. The molecule has 2 unspecified atom stereocenters. The van der Waals surface area contributed by atoms with Crippen LogP contribution in [0.5, 0.6) is 0 Å². The first-order chi connectivity index (χ1) is 9.11. The number of rotatable bonds is 4. The van der Waals surface area contributed by atoms with Gasteiger partial charge in [-0.1, -0.05) is 12.1 Å². The summed E-state index contributed by atoms with van der Waals surface area (Å²) >= 11 is 0. The van der Waals surface area contributed by atoms with E-state index in [1.807, 2.05) is 12.1 Å². The molecule has 1 fully saturated rings. The van der Waals surface area contributed by atoms with Gasteiger partial charge in [-0.15, -0.1) is 0 Å². The Labute approximate surface area is 112 Å². The van der Waals surface area contributed by atoms with Crippen molar-refractivity contribution in [2.75, 3.05) is 24.6 Å². The third kappa shape index (κ3) is 3.45. The van der Waals surface area contributed by atoms with E-state index in [0.717, 1.165) is 31.6 Å². The molecule has 0 aromatic heterocycles. The zero-order chi connectivity index (χ0) is 13.8. The van der Waals surface area contributed by atoms with E-state index < -0.39 is 18.8 Å². The van der Waals surface area contributed by atoms with Crippen molar-refractivity contribution in [1.29, 1.82) is 0 Å². The molecular formula is C14H21NO4. The quantitative estimate of drug-likeness (QED) is 0.619. The van der Waals surface area contributed by atoms with Crippen LogP contribution in [-0.4, -0.2) is 52.3 Å². The molecule has 106 valence electrons. The molecule has 1 aliphatic heterocycles. The van der Waals surface area contributed by atoms with Gasteiger partial charge < -0.3 is 25.3 Å². The molecule has 1 saturated heterocycles. The van der Waals surface area contributed by atoms with Gasteiger partial charge in [-0.3, -0.25) is 0 Å². The Morgan fingerprint density at radius 1 is 1.11 bits per heavy atom. The molecule has 1 aliphatic rings. The first kappa shape index (κ1) is 14.3. The number of aliphatic hydroxyl groups is 4. The summed E-state index contributed by atoms with van der Waals surface area (Å²) in [4.78, 5) is 2.19. The molecule has 0 bridgehead atoms. The first-order valence-corrected chi connectivity index (χ1v) is 6.62. The van der Waals surface area contributed by atoms with Gasteiger partial charge in [-0.05, 0) is 30.5 Å². The number of hydrogen-bond donors (Lipinski definition) is 4. The maximum atomic E-state index is 9.77. The Bertz CT molecular complexity index is 387. The number of anilines is 1. The van der Waals surface area contributed by atoms with E-state index in [0.29, 0.717) is 5.56 Å². The van der Waals surface area contributed by atoms with Gasteiger partial charge >= 0.3 is 0 Å². The van der Waals surface area contributed by atoms with E-state index in [9.17, 15) is 15.3 Å². The van der Waals surface area contributed by atoms with Crippen LogP contribution in [0.3, 0.4) is 0 Å². The molecule has 5 nitrogen and oxygen atoms in total. The predicted octanol–water partition coefficient (Wildman–Crippen LogP) is 0.0343. The Kier molecular flexibility index (Phi) is 4.76. The summed E-state index contributed by atoms with van der Waals surface area (Å²) in [5.74, 6) is 0. The fourth-order valence-electron chi connectivity index (χ4n) is 2.33. The lowest BCUT2D eigenvalue weighted by molar-refractivity contribution is -0.0152. The van der Waals surface area contributed by atoms with Gasteiger partial charge in [0.25, 0.3) is 0 Å². The van der Waals surface area contributed by atoms with Crippen LogP contribution in [0.2, 0.25) is 0 Å². The summed E-state index contributed by atoms with van der Waals surface area (Å²) in [7, 11) is 0. The minimum atomic E-state index is -1.16. The van der Waals surface area contributed by atoms with Crippen LogP contribution in [-0.2, 0) is 0 Å². The average molecular weight is 267 g/mol. The van der Waals surface area contributed by atoms with E-state index in [-0.39, 0.29) is 6.10 Å². The van der Waals surface area contributed by atoms with Crippen LogP contribution in [0.1, 0.15) is 24.5 Å². The number of piperidine rings is 1. The van der Waals surface area contributed by atoms with Gasteiger partial charge in [-0.2, -0.15) is 0 Å². The molecule has 1 heterocycles. The summed E-state index contributed by atoms with van der Waals surface area (Å²) in [6.07, 6.45) is -0.878. The summed E-state index contributed by atoms with van der Waals surface area (Å²) in [5.41, 5.74) is 1.63. The molecule has 4 N–H and O–H groups in total. The monoisotopic (exact) mass is 267 g/mol. The Hall–Kier alpha value is -1.14. The predicted molar refractivity (Wildman–Crippen MR) is 71.9 cm³/mol. The third-order valence-electron chi connectivity index (χ3n) is 3.62. The Balaban J connectivity index is 2.02. The standard InChI is InChI=1S/C14H21NO4/c16-9-13(18)14(19)10-1-3-11(4-2-10)15-7-5-12(17)6-8-15/h1-4,12-14,16-19H,5-9H2. The molecule has 2 rings (SSSR count). The molecule has 1 aromatic carbocycles. The van der Waals surface area contributed by atoms with E-state index in [2.05, 4.69) is 4.90 Å². The summed E-state index contributed by atoms with van der Waals surface area (Å²) in [6.45, 7) is 1.18. The van der Waals surface area contributed by atoms with Crippen LogP contribution in [0.15, 0.2) is 24.3 Å². The highest BCUT2D eigenvalue weighted by atomic mass is 16.4. The highest BCUT2D eigenvalue weighted by Crippen LogP contribution is 2.23. The van der Waals surface area contributed by atoms with Crippen molar-refractivity contribution in [3.8, 4) is 0 Å². The van der Waals surface area contributed by atoms with Crippen molar-refractivity contribution in [1.82, 2.24) is 0 Å². The minimum Gasteiger partial charge on any atom is -0.394 e. The van der Waals surface area contributed by atoms with Crippen LogP contribution in [0, 0.1) is 0 Å². The summed E-state index contributed by atoms with van der Waals surface area (Å²) in [5, 5.41) is 37.4. The lowest BCUT2D eigenvalue weighted by Gasteiger charge is -2.31. The third-order valence-corrected chi connectivity index (χ3v) is 3.62. The molecular weight excluding hydrogens is 246 g/mol. The summed E-state index contributed by atoms with van der Waals surface area (Å²) < 4.78 is 0. The van der Waals surface area contributed by atoms with Crippen molar-refractivity contribution in [3.05, 3.63) is 29.8 Å². The lowest BCUT2D eigenvalue weighted by Crippen LogP contribution is -2.35. The Morgan fingerprint density at radius 2 is 1.68 bits per heavy atom. The first-order valence-electron chi connectivity index (χ1n) is 6.62. The highest BCUT2D eigenvalue weighted by molar-refractivity contribution is 5.48. The van der Waals surface area contributed by atoms with Gasteiger partial charge in [0.2, 0.25) is 0 Å². The van der Waals surface area contributed by atoms with Gasteiger partial charge in [0, 0.05) is 18.8 Å². The van der Waals surface area contributed by atoms with Crippen molar-refractivity contribution in [2.45, 2.75) is 31.2 Å². The van der Waals surface area contributed by atoms with Gasteiger partial charge in [0.05, 0.1) is 12.7 Å². The van der Waals surface area contributed by atoms with E-state index in [1.165, 1.54) is 0 Å². The molecule has 0 aliphatic carbocycles. The molecule has 0 amide bonds. The van der Waals surface area contributed by atoms with Crippen LogP contribution in [0.25, 0.3) is 0 Å². The molecule has 5 heteroatoms. The maximum Gasteiger partial charge on any atom is 0.107 e. The number of benzene rings is 1. The molecule has 0 spiro atoms. The molecule has 19 heavy (non-hydrogen) atoms. The number of hydrogen-bond acceptors (Lipinski definition) is 5. The highest BCUT2D eigenvalue weighted by Gasteiger charge is 2.19. The second-order valence-corrected chi connectivity index (χ2v) is 5.00. The molecule has 0 radical (unpaired) electrons. The van der Waals surface area contributed by atoms with Crippen molar-refractivity contribution < 1.29 is 20.4 Å². The second kappa shape index (κ2) is 6.34. The average Bonchev–Trinajstić information content (AvgIpc) is 2.46.